The fourth-order valence-electron chi connectivity index (χ4n) is 2.80. The molecule has 1 heterocycles. The van der Waals surface area contributed by atoms with E-state index in [2.05, 4.69) is 20.5 Å². The minimum absolute atomic E-state index is 0.234. The molecule has 164 valence electrons. The molecule has 0 aliphatic carbocycles. The Kier molecular flexibility index (Phi) is 9.42. The van der Waals surface area contributed by atoms with Crippen molar-refractivity contribution in [2.75, 3.05) is 62.3 Å². The lowest BCUT2D eigenvalue weighted by molar-refractivity contribution is 0.0936. The van der Waals surface area contributed by atoms with Crippen LogP contribution < -0.4 is 15.5 Å². The van der Waals surface area contributed by atoms with Crippen LogP contribution in [0.15, 0.2) is 30.5 Å². The van der Waals surface area contributed by atoms with Gasteiger partial charge in [0, 0.05) is 62.4 Å². The average Bonchev–Trinajstić information content (AvgIpc) is 3.07. The van der Waals surface area contributed by atoms with Gasteiger partial charge in [0.1, 0.15) is 0 Å². The number of anilines is 2. The van der Waals surface area contributed by atoms with Gasteiger partial charge >= 0.3 is 0 Å². The molecule has 0 aliphatic rings. The molecular weight excluding hydrogens is 427 g/mol. The number of hydrogen-bond acceptors (Lipinski definition) is 5. The average molecular weight is 455 g/mol. The van der Waals surface area contributed by atoms with E-state index in [1.165, 1.54) is 0 Å². The van der Waals surface area contributed by atoms with Gasteiger partial charge in [0.25, 0.3) is 11.8 Å². The minimum Gasteiger partial charge on any atom is -0.369 e. The van der Waals surface area contributed by atoms with Gasteiger partial charge in [-0.2, -0.15) is 0 Å². The predicted octanol–water partition coefficient (Wildman–Crippen LogP) is 2.25. The molecule has 0 fully saturated rings. The number of amides is 2. The zero-order valence-corrected chi connectivity index (χ0v) is 19.0. The number of aromatic nitrogens is 2. The van der Waals surface area contributed by atoms with Crippen molar-refractivity contribution in [1.29, 1.82) is 0 Å². The van der Waals surface area contributed by atoms with Crippen LogP contribution in [-0.4, -0.2) is 78.3 Å². The van der Waals surface area contributed by atoms with E-state index in [9.17, 15) is 9.59 Å². The van der Waals surface area contributed by atoms with Gasteiger partial charge in [0.05, 0.1) is 0 Å². The van der Waals surface area contributed by atoms with Crippen LogP contribution in [0.1, 0.15) is 21.0 Å². The standard InChI is InChI=1S/C20H28Cl2N6O2/c1-26(2)13-10-23-20(30)18-24-17(14-27(18)3)25-19(29)15-4-6-16(7-5-15)28(11-8-21)12-9-22/h4-7,14H,8-13H2,1-3H3,(H,23,30)(H,25,29). The lowest BCUT2D eigenvalue weighted by atomic mass is 10.2. The Bertz CT molecular complexity index is 832. The Hall–Kier alpha value is -2.29. The first-order valence-electron chi connectivity index (χ1n) is 9.60. The third-order valence-electron chi connectivity index (χ3n) is 4.37. The molecule has 0 atom stereocenters. The number of aryl methyl sites for hydroxylation is 1. The lowest BCUT2D eigenvalue weighted by Gasteiger charge is -2.22. The first kappa shape index (κ1) is 24.0. The smallest absolute Gasteiger partial charge is 0.287 e. The molecule has 30 heavy (non-hydrogen) atoms. The summed E-state index contributed by atoms with van der Waals surface area (Å²) in [5.41, 5.74) is 1.43. The molecule has 2 aromatic rings. The Morgan fingerprint density at radius 2 is 1.67 bits per heavy atom. The second-order valence-corrected chi connectivity index (χ2v) is 7.74. The number of carbonyl (C=O) groups excluding carboxylic acids is 2. The van der Waals surface area contributed by atoms with Gasteiger partial charge in [0.2, 0.25) is 5.82 Å². The van der Waals surface area contributed by atoms with Gasteiger partial charge in [-0.25, -0.2) is 4.98 Å². The Balaban J connectivity index is 2.01. The van der Waals surface area contributed by atoms with E-state index in [4.69, 9.17) is 23.2 Å². The fourth-order valence-corrected chi connectivity index (χ4v) is 3.20. The maximum Gasteiger partial charge on any atom is 0.287 e. The highest BCUT2D eigenvalue weighted by Crippen LogP contribution is 2.17. The van der Waals surface area contributed by atoms with Crippen molar-refractivity contribution in [3.63, 3.8) is 0 Å². The minimum atomic E-state index is -0.305. The first-order valence-corrected chi connectivity index (χ1v) is 10.7. The number of alkyl halides is 2. The van der Waals surface area contributed by atoms with Gasteiger partial charge in [-0.05, 0) is 38.4 Å². The van der Waals surface area contributed by atoms with Gasteiger partial charge < -0.3 is 25.0 Å². The predicted molar refractivity (Wildman–Crippen MR) is 122 cm³/mol. The van der Waals surface area contributed by atoms with Crippen LogP contribution in [0.25, 0.3) is 0 Å². The SMILES string of the molecule is CN(C)CCNC(=O)c1nc(NC(=O)c2ccc(N(CCCl)CCCl)cc2)cn1C. The van der Waals surface area contributed by atoms with E-state index in [-0.39, 0.29) is 17.6 Å². The van der Waals surface area contributed by atoms with Crippen molar-refractivity contribution < 1.29 is 9.59 Å². The van der Waals surface area contributed by atoms with Crippen LogP contribution in [0.5, 0.6) is 0 Å². The number of nitrogens with zero attached hydrogens (tertiary/aromatic N) is 4. The summed E-state index contributed by atoms with van der Waals surface area (Å²) < 4.78 is 1.58. The third-order valence-corrected chi connectivity index (χ3v) is 4.71. The highest BCUT2D eigenvalue weighted by molar-refractivity contribution is 6.18. The first-order chi connectivity index (χ1) is 14.3. The number of benzene rings is 1. The zero-order chi connectivity index (χ0) is 22.1. The number of nitrogens with one attached hydrogen (secondary N) is 2. The van der Waals surface area contributed by atoms with Crippen molar-refractivity contribution >= 4 is 46.5 Å². The maximum atomic E-state index is 12.6. The second kappa shape index (κ2) is 11.8. The van der Waals surface area contributed by atoms with Crippen molar-refractivity contribution in [1.82, 2.24) is 19.8 Å². The summed E-state index contributed by atoms with van der Waals surface area (Å²) in [4.78, 5) is 33.1. The Morgan fingerprint density at radius 3 is 2.23 bits per heavy atom. The molecule has 2 N–H and O–H groups in total. The molecule has 1 aromatic heterocycles. The number of halogens is 2. The second-order valence-electron chi connectivity index (χ2n) is 6.99. The van der Waals surface area contributed by atoms with Gasteiger partial charge in [-0.1, -0.05) is 0 Å². The molecule has 0 bridgehead atoms. The number of hydrogen-bond donors (Lipinski definition) is 2. The molecule has 0 unspecified atom stereocenters. The third kappa shape index (κ3) is 6.90. The van der Waals surface area contributed by atoms with Crippen LogP contribution in [0.3, 0.4) is 0 Å². The molecular formula is C20H28Cl2N6O2. The number of carbonyl (C=O) groups is 2. The molecule has 0 spiro atoms. The molecule has 10 heteroatoms. The van der Waals surface area contributed by atoms with Gasteiger partial charge in [-0.3, -0.25) is 9.59 Å². The van der Waals surface area contributed by atoms with Crippen molar-refractivity contribution in [3.8, 4) is 0 Å². The molecule has 0 aliphatic heterocycles. The number of rotatable bonds is 11. The molecule has 2 amide bonds. The summed E-state index contributed by atoms with van der Waals surface area (Å²) in [6.07, 6.45) is 1.61. The van der Waals surface area contributed by atoms with Crippen molar-refractivity contribution in [3.05, 3.63) is 41.9 Å². The number of imidazole rings is 1. The molecule has 8 nitrogen and oxygen atoms in total. The summed E-state index contributed by atoms with van der Waals surface area (Å²) in [7, 11) is 5.57. The van der Waals surface area contributed by atoms with E-state index in [0.29, 0.717) is 42.8 Å². The van der Waals surface area contributed by atoms with Crippen molar-refractivity contribution in [2.24, 2.45) is 7.05 Å². The highest BCUT2D eigenvalue weighted by atomic mass is 35.5. The summed E-state index contributed by atoms with van der Waals surface area (Å²) >= 11 is 11.7. The zero-order valence-electron chi connectivity index (χ0n) is 17.5. The van der Waals surface area contributed by atoms with E-state index in [1.807, 2.05) is 31.1 Å². The maximum absolute atomic E-state index is 12.6. The van der Waals surface area contributed by atoms with Crippen LogP contribution >= 0.6 is 23.2 Å². The van der Waals surface area contributed by atoms with E-state index >= 15 is 0 Å². The summed E-state index contributed by atoms with van der Waals surface area (Å²) in [6, 6.07) is 7.18. The Morgan fingerprint density at radius 1 is 1.03 bits per heavy atom. The van der Waals surface area contributed by atoms with Crippen LogP contribution in [0.4, 0.5) is 11.5 Å². The lowest BCUT2D eigenvalue weighted by Crippen LogP contribution is -2.32. The molecule has 0 saturated carbocycles. The summed E-state index contributed by atoms with van der Waals surface area (Å²) in [6.45, 7) is 2.58. The summed E-state index contributed by atoms with van der Waals surface area (Å²) in [5, 5.41) is 5.54. The quantitative estimate of drug-likeness (QED) is 0.508. The monoisotopic (exact) mass is 454 g/mol. The van der Waals surface area contributed by atoms with Crippen LogP contribution in [0.2, 0.25) is 0 Å². The van der Waals surface area contributed by atoms with Crippen LogP contribution in [0, 0.1) is 0 Å². The van der Waals surface area contributed by atoms with Gasteiger partial charge in [-0.15, -0.1) is 23.2 Å². The molecule has 0 radical (unpaired) electrons. The van der Waals surface area contributed by atoms with E-state index < -0.39 is 0 Å². The molecule has 2 rings (SSSR count). The van der Waals surface area contributed by atoms with E-state index in [1.54, 1.807) is 29.9 Å². The Labute approximate surface area is 187 Å². The fraction of sp³-hybridized carbons (Fsp3) is 0.450. The van der Waals surface area contributed by atoms with Crippen molar-refractivity contribution in [2.45, 2.75) is 0 Å². The molecule has 1 aromatic carbocycles. The molecule has 0 saturated heterocycles. The largest absolute Gasteiger partial charge is 0.369 e. The normalized spacial score (nSPS) is 10.9. The van der Waals surface area contributed by atoms with E-state index in [0.717, 1.165) is 12.2 Å². The number of likely N-dealkylation sites (N-methyl/N-ethyl adjacent to an activating group) is 1. The van der Waals surface area contributed by atoms with Crippen LogP contribution in [-0.2, 0) is 7.05 Å². The topological polar surface area (TPSA) is 82.5 Å². The summed E-state index contributed by atoms with van der Waals surface area (Å²) in [5.74, 6) is 0.934. The highest BCUT2D eigenvalue weighted by Gasteiger charge is 2.16. The van der Waals surface area contributed by atoms with Gasteiger partial charge in [0.15, 0.2) is 5.82 Å².